The van der Waals surface area contributed by atoms with Crippen LogP contribution in [0.1, 0.15) is 13.8 Å². The Balaban J connectivity index is 5.86. The van der Waals surface area contributed by atoms with Crippen molar-refractivity contribution in [3.63, 3.8) is 0 Å². The van der Waals surface area contributed by atoms with Crippen LogP contribution in [0.4, 0.5) is 0 Å². The fourth-order valence-corrected chi connectivity index (χ4v) is 58.8. The molecule has 0 aliphatic rings. The van der Waals surface area contributed by atoms with E-state index in [4.69, 9.17) is 4.74 Å². The molecular formula is C14H33NOSn2. The summed E-state index contributed by atoms with van der Waals surface area (Å²) in [5, 5.41) is 0. The summed E-state index contributed by atoms with van der Waals surface area (Å²) < 4.78 is 7.45. The molecule has 18 heavy (non-hydrogen) atoms. The molecule has 0 aliphatic carbocycles. The maximum absolute atomic E-state index is 5.53. The second-order valence-corrected chi connectivity index (χ2v) is 39.5. The van der Waals surface area contributed by atoms with Gasteiger partial charge < -0.3 is 0 Å². The Morgan fingerprint density at radius 3 is 1.50 bits per heavy atom. The SMILES string of the molecule is CCN(CC)C(COC)=[C]([Sn]([CH3])([CH3])[CH3])[Sn]([CH3])([CH3])[CH3]. The summed E-state index contributed by atoms with van der Waals surface area (Å²) in [6.45, 7) is 7.52. The van der Waals surface area contributed by atoms with Crippen LogP contribution in [0, 0.1) is 0 Å². The van der Waals surface area contributed by atoms with Gasteiger partial charge in [0.25, 0.3) is 0 Å². The minimum absolute atomic E-state index is 0.805. The predicted octanol–water partition coefficient (Wildman–Crippen LogP) is 3.98. The van der Waals surface area contributed by atoms with Crippen molar-refractivity contribution in [1.29, 1.82) is 0 Å². The third kappa shape index (κ3) is 5.61. The normalized spacial score (nSPS) is 12.5. The molecule has 0 spiro atoms. The molecule has 0 atom stereocenters. The summed E-state index contributed by atoms with van der Waals surface area (Å²) in [7, 11) is 1.83. The molecule has 0 radical (unpaired) electrons. The molecule has 0 saturated carbocycles. The van der Waals surface area contributed by atoms with Gasteiger partial charge in [-0.05, 0) is 0 Å². The van der Waals surface area contributed by atoms with Gasteiger partial charge in [-0.3, -0.25) is 0 Å². The molecule has 0 unspecified atom stereocenters. The van der Waals surface area contributed by atoms with Crippen LogP contribution < -0.4 is 0 Å². The quantitative estimate of drug-likeness (QED) is 0.524. The average Bonchev–Trinajstić information content (AvgIpc) is 2.15. The molecule has 0 fully saturated rings. The zero-order valence-electron chi connectivity index (χ0n) is 14.0. The van der Waals surface area contributed by atoms with E-state index in [1.165, 1.54) is 0 Å². The average molecular weight is 469 g/mol. The number of nitrogens with zero attached hydrogens (tertiary/aromatic N) is 1. The summed E-state index contributed by atoms with van der Waals surface area (Å²) in [4.78, 5) is 17.9. The Morgan fingerprint density at radius 2 is 1.28 bits per heavy atom. The van der Waals surface area contributed by atoms with E-state index in [0.29, 0.717) is 0 Å². The van der Waals surface area contributed by atoms with Gasteiger partial charge in [0.2, 0.25) is 0 Å². The predicted molar refractivity (Wildman–Crippen MR) is 88.5 cm³/mol. The summed E-state index contributed by atoms with van der Waals surface area (Å²) in [6.07, 6.45) is 0. The van der Waals surface area contributed by atoms with Crippen LogP contribution in [0.15, 0.2) is 7.30 Å². The van der Waals surface area contributed by atoms with Crippen LogP contribution in [0.2, 0.25) is 29.6 Å². The first kappa shape index (κ1) is 19.1. The molecule has 108 valence electrons. The van der Waals surface area contributed by atoms with Crippen LogP contribution in [-0.2, 0) is 4.74 Å². The first-order chi connectivity index (χ1) is 8.09. The van der Waals surface area contributed by atoms with Crippen LogP contribution in [0.5, 0.6) is 0 Å². The van der Waals surface area contributed by atoms with Crippen LogP contribution >= 0.6 is 0 Å². The van der Waals surface area contributed by atoms with Crippen LogP contribution in [0.3, 0.4) is 0 Å². The number of likely N-dealkylation sites (N-methyl/N-ethyl adjacent to an activating group) is 1. The van der Waals surface area contributed by atoms with E-state index in [0.717, 1.165) is 19.7 Å². The summed E-state index contributed by atoms with van der Waals surface area (Å²) in [5.74, 6) is 0. The molecule has 0 aromatic carbocycles. The van der Waals surface area contributed by atoms with E-state index in [2.05, 4.69) is 48.4 Å². The first-order valence-electron chi connectivity index (χ1n) is 7.07. The molecule has 4 heteroatoms. The van der Waals surface area contributed by atoms with E-state index in [1.807, 2.05) is 8.71 Å². The van der Waals surface area contributed by atoms with Crippen molar-refractivity contribution in [2.24, 2.45) is 0 Å². The van der Waals surface area contributed by atoms with Crippen molar-refractivity contribution < 1.29 is 4.74 Å². The molecule has 0 aromatic rings. The molecule has 0 aliphatic heterocycles. The van der Waals surface area contributed by atoms with Crippen molar-refractivity contribution in [3.05, 3.63) is 7.30 Å². The fraction of sp³-hybridized carbons (Fsp3) is 0.857. The van der Waals surface area contributed by atoms with Crippen molar-refractivity contribution >= 4 is 36.8 Å². The van der Waals surface area contributed by atoms with E-state index in [9.17, 15) is 0 Å². The minimum atomic E-state index is -2.05. The van der Waals surface area contributed by atoms with Gasteiger partial charge in [-0.25, -0.2) is 0 Å². The van der Waals surface area contributed by atoms with Gasteiger partial charge in [-0.2, -0.15) is 0 Å². The molecule has 0 bridgehead atoms. The Bertz CT molecular complexity index is 267. The van der Waals surface area contributed by atoms with Crippen LogP contribution in [0.25, 0.3) is 0 Å². The monoisotopic (exact) mass is 471 g/mol. The van der Waals surface area contributed by atoms with Crippen molar-refractivity contribution in [2.75, 3.05) is 26.8 Å². The number of hydrogen-bond donors (Lipinski definition) is 0. The van der Waals surface area contributed by atoms with Gasteiger partial charge in [0, 0.05) is 0 Å². The zero-order valence-corrected chi connectivity index (χ0v) is 19.7. The molecule has 0 saturated heterocycles. The van der Waals surface area contributed by atoms with E-state index >= 15 is 0 Å². The first-order valence-corrected chi connectivity index (χ1v) is 27.0. The zero-order chi connectivity index (χ0) is 14.6. The Labute approximate surface area is 123 Å². The second-order valence-electron chi connectivity index (χ2n) is 6.93. The maximum atomic E-state index is 5.53. The fourth-order valence-electron chi connectivity index (χ4n) is 3.05. The topological polar surface area (TPSA) is 12.5 Å². The van der Waals surface area contributed by atoms with Gasteiger partial charge in [0.15, 0.2) is 0 Å². The van der Waals surface area contributed by atoms with Crippen molar-refractivity contribution in [3.8, 4) is 0 Å². The molecule has 0 rings (SSSR count). The summed E-state index contributed by atoms with van der Waals surface area (Å²) in [5.41, 5.74) is 1.55. The third-order valence-electron chi connectivity index (χ3n) is 3.21. The van der Waals surface area contributed by atoms with E-state index in [-0.39, 0.29) is 0 Å². The molecule has 0 aromatic heterocycles. The Kier molecular flexibility index (Phi) is 8.24. The number of rotatable bonds is 7. The Morgan fingerprint density at radius 1 is 0.889 bits per heavy atom. The number of ether oxygens (including phenoxy) is 1. The second kappa shape index (κ2) is 7.77. The van der Waals surface area contributed by atoms with E-state index in [1.54, 1.807) is 5.70 Å². The van der Waals surface area contributed by atoms with Gasteiger partial charge in [0.1, 0.15) is 0 Å². The van der Waals surface area contributed by atoms with Crippen LogP contribution in [-0.4, -0.2) is 68.5 Å². The molecular weight excluding hydrogens is 436 g/mol. The van der Waals surface area contributed by atoms with E-state index < -0.39 is 36.8 Å². The van der Waals surface area contributed by atoms with Gasteiger partial charge in [-0.1, -0.05) is 0 Å². The Hall–Kier alpha value is 1.10. The molecule has 2 nitrogen and oxygen atoms in total. The number of hydrogen-bond acceptors (Lipinski definition) is 2. The summed E-state index contributed by atoms with van der Waals surface area (Å²) >= 11 is -4.09. The third-order valence-corrected chi connectivity index (χ3v) is 42.1. The molecule has 0 amide bonds. The van der Waals surface area contributed by atoms with Crippen molar-refractivity contribution in [1.82, 2.24) is 4.90 Å². The van der Waals surface area contributed by atoms with Gasteiger partial charge in [0.05, 0.1) is 0 Å². The van der Waals surface area contributed by atoms with Crippen molar-refractivity contribution in [2.45, 2.75) is 43.5 Å². The standard InChI is InChI=1S/C8H15NO.6CH3.2Sn/c1-5-9(6-2)8(3)7-10-4;;;;;;;;/h5-7H2,1-2,4H3;6*1H3;;. The summed E-state index contributed by atoms with van der Waals surface area (Å²) in [6, 6.07) is 0. The van der Waals surface area contributed by atoms with Gasteiger partial charge >= 0.3 is 124 Å². The molecule has 0 N–H and O–H groups in total. The van der Waals surface area contributed by atoms with Gasteiger partial charge in [-0.15, -0.1) is 0 Å². The molecule has 0 heterocycles. The number of methoxy groups -OCH3 is 1.